The van der Waals surface area contributed by atoms with Gasteiger partial charge in [-0.3, -0.25) is 0 Å². The van der Waals surface area contributed by atoms with Crippen molar-refractivity contribution in [3.63, 3.8) is 0 Å². The summed E-state index contributed by atoms with van der Waals surface area (Å²) in [5, 5.41) is 2.65. The first-order chi connectivity index (χ1) is 12.6. The van der Waals surface area contributed by atoms with Crippen LogP contribution in [0, 0.1) is 5.92 Å². The van der Waals surface area contributed by atoms with E-state index in [2.05, 4.69) is 11.9 Å². The number of allylic oxidation sites excluding steroid dienone is 1. The number of hydrogen-bond donors (Lipinski definition) is 1. The summed E-state index contributed by atoms with van der Waals surface area (Å²) in [6.07, 6.45) is 12.1. The van der Waals surface area contributed by atoms with E-state index in [1.807, 2.05) is 26.8 Å². The van der Waals surface area contributed by atoms with Gasteiger partial charge in [-0.1, -0.05) is 65.4 Å². The van der Waals surface area contributed by atoms with E-state index in [1.54, 1.807) is 0 Å². The van der Waals surface area contributed by atoms with Crippen LogP contribution in [-0.4, -0.2) is 31.3 Å². The van der Waals surface area contributed by atoms with Crippen LogP contribution in [-0.2, 0) is 14.3 Å². The van der Waals surface area contributed by atoms with Gasteiger partial charge < -0.3 is 14.8 Å². The van der Waals surface area contributed by atoms with Crippen LogP contribution in [0.15, 0.2) is 12.7 Å². The minimum Gasteiger partial charge on any atom is -0.464 e. The summed E-state index contributed by atoms with van der Waals surface area (Å²) in [7, 11) is 0. The average molecular weight is 370 g/mol. The Hall–Kier alpha value is -1.52. The van der Waals surface area contributed by atoms with Gasteiger partial charge in [0, 0.05) is 0 Å². The maximum Gasteiger partial charge on any atom is 0.407 e. The van der Waals surface area contributed by atoms with Crippen LogP contribution < -0.4 is 5.32 Å². The topological polar surface area (TPSA) is 64.6 Å². The van der Waals surface area contributed by atoms with E-state index in [1.165, 1.54) is 32.1 Å². The summed E-state index contributed by atoms with van der Waals surface area (Å²) in [6, 6.07) is -0.644. The van der Waals surface area contributed by atoms with Crippen LogP contribution in [0.25, 0.3) is 0 Å². The molecule has 0 saturated heterocycles. The lowest BCUT2D eigenvalue weighted by atomic mass is 9.99. The molecular weight excluding hydrogens is 330 g/mol. The number of carbonyl (C=O) groups excluding carboxylic acids is 2. The molecule has 152 valence electrons. The van der Waals surface area contributed by atoms with E-state index < -0.39 is 12.1 Å². The molecule has 1 unspecified atom stereocenters. The molecule has 26 heavy (non-hydrogen) atoms. The number of unbranched alkanes of at least 4 members (excludes halogenated alkanes) is 7. The fraction of sp³-hybridized carbons (Fsp3) is 0.810. The summed E-state index contributed by atoms with van der Waals surface area (Å²) in [5.74, 6) is -0.357. The van der Waals surface area contributed by atoms with Crippen molar-refractivity contribution in [3.8, 4) is 0 Å². The first kappa shape index (κ1) is 24.5. The number of rotatable bonds is 16. The fourth-order valence-electron chi connectivity index (χ4n) is 2.57. The lowest BCUT2D eigenvalue weighted by molar-refractivity contribution is -0.147. The molecule has 0 aliphatic rings. The summed E-state index contributed by atoms with van der Waals surface area (Å²) >= 11 is 0. The molecule has 0 heterocycles. The zero-order chi connectivity index (χ0) is 19.6. The summed E-state index contributed by atoms with van der Waals surface area (Å²) in [4.78, 5) is 24.0. The third kappa shape index (κ3) is 12.8. The second-order valence-electron chi connectivity index (χ2n) is 6.86. The van der Waals surface area contributed by atoms with Crippen LogP contribution in [0.3, 0.4) is 0 Å². The molecule has 5 heteroatoms. The van der Waals surface area contributed by atoms with E-state index in [0.717, 1.165) is 32.1 Å². The monoisotopic (exact) mass is 369 g/mol. The molecule has 0 aromatic rings. The third-order valence-corrected chi connectivity index (χ3v) is 4.47. The number of nitrogens with one attached hydrogen (secondary N) is 1. The molecule has 1 N–H and O–H groups in total. The van der Waals surface area contributed by atoms with Crippen LogP contribution in [0.2, 0.25) is 0 Å². The Bertz CT molecular complexity index is 384. The van der Waals surface area contributed by atoms with Crippen molar-refractivity contribution in [2.75, 3.05) is 13.2 Å². The molecule has 0 aromatic carbocycles. The van der Waals surface area contributed by atoms with Gasteiger partial charge in [0.25, 0.3) is 0 Å². The van der Waals surface area contributed by atoms with Crippen LogP contribution in [0.5, 0.6) is 0 Å². The predicted octanol–water partition coefficient (Wildman–Crippen LogP) is 5.39. The average Bonchev–Trinajstić information content (AvgIpc) is 2.65. The highest BCUT2D eigenvalue weighted by molar-refractivity contribution is 5.81. The molecule has 0 rings (SSSR count). The van der Waals surface area contributed by atoms with Gasteiger partial charge in [0.1, 0.15) is 6.04 Å². The quantitative estimate of drug-likeness (QED) is 0.225. The Morgan fingerprint density at radius 3 is 2.15 bits per heavy atom. The van der Waals surface area contributed by atoms with Crippen molar-refractivity contribution < 1.29 is 19.1 Å². The van der Waals surface area contributed by atoms with E-state index in [0.29, 0.717) is 13.2 Å². The minimum atomic E-state index is -0.644. The number of alkyl carbamates (subject to hydrolysis) is 1. The predicted molar refractivity (Wildman–Crippen MR) is 106 cm³/mol. The smallest absolute Gasteiger partial charge is 0.407 e. The molecule has 0 fully saturated rings. The zero-order valence-corrected chi connectivity index (χ0v) is 17.1. The van der Waals surface area contributed by atoms with Gasteiger partial charge in [-0.2, -0.15) is 0 Å². The first-order valence-electron chi connectivity index (χ1n) is 10.3. The second-order valence-corrected chi connectivity index (χ2v) is 6.86. The van der Waals surface area contributed by atoms with Crippen molar-refractivity contribution in [2.45, 2.75) is 91.0 Å². The van der Waals surface area contributed by atoms with Gasteiger partial charge in [-0.25, -0.2) is 9.59 Å². The maximum atomic E-state index is 12.3. The van der Waals surface area contributed by atoms with Gasteiger partial charge in [0.2, 0.25) is 0 Å². The molecule has 0 radical (unpaired) electrons. The van der Waals surface area contributed by atoms with E-state index in [4.69, 9.17) is 9.47 Å². The molecular formula is C21H39NO4. The van der Waals surface area contributed by atoms with E-state index in [-0.39, 0.29) is 11.9 Å². The molecule has 0 aliphatic carbocycles. The Morgan fingerprint density at radius 2 is 1.58 bits per heavy atom. The molecule has 0 aliphatic heterocycles. The summed E-state index contributed by atoms with van der Waals surface area (Å²) < 4.78 is 10.4. The maximum absolute atomic E-state index is 12.3. The number of amides is 1. The number of esters is 1. The Balaban J connectivity index is 3.95. The second kappa shape index (κ2) is 16.9. The molecule has 0 saturated carbocycles. The van der Waals surface area contributed by atoms with E-state index >= 15 is 0 Å². The SMILES string of the molecule is C=CCCCCCCCCCOC(=O)[C@@H](NC(=O)OCCC)C(C)CC. The molecule has 0 spiro atoms. The van der Waals surface area contributed by atoms with Crippen molar-refractivity contribution in [3.05, 3.63) is 12.7 Å². The highest BCUT2D eigenvalue weighted by Gasteiger charge is 2.27. The molecule has 0 aromatic heterocycles. The van der Waals surface area contributed by atoms with Crippen LogP contribution in [0.1, 0.15) is 85.0 Å². The molecule has 5 nitrogen and oxygen atoms in total. The highest BCUT2D eigenvalue weighted by Crippen LogP contribution is 2.12. The van der Waals surface area contributed by atoms with Gasteiger partial charge in [0.05, 0.1) is 13.2 Å². The summed E-state index contributed by atoms with van der Waals surface area (Å²) in [6.45, 7) is 10.3. The van der Waals surface area contributed by atoms with Crippen LogP contribution >= 0.6 is 0 Å². The van der Waals surface area contributed by atoms with Gasteiger partial charge in [-0.05, 0) is 31.6 Å². The van der Waals surface area contributed by atoms with Gasteiger partial charge in [-0.15, -0.1) is 6.58 Å². The van der Waals surface area contributed by atoms with Crippen molar-refractivity contribution >= 4 is 12.1 Å². The normalized spacial score (nSPS) is 12.9. The largest absolute Gasteiger partial charge is 0.464 e. The lowest BCUT2D eigenvalue weighted by Gasteiger charge is -2.22. The minimum absolute atomic E-state index is 0.00671. The number of carbonyl (C=O) groups is 2. The van der Waals surface area contributed by atoms with Gasteiger partial charge in [0.15, 0.2) is 0 Å². The zero-order valence-electron chi connectivity index (χ0n) is 17.1. The highest BCUT2D eigenvalue weighted by atomic mass is 16.6. The number of ether oxygens (including phenoxy) is 2. The van der Waals surface area contributed by atoms with Crippen molar-refractivity contribution in [2.24, 2.45) is 5.92 Å². The van der Waals surface area contributed by atoms with E-state index in [9.17, 15) is 9.59 Å². The third-order valence-electron chi connectivity index (χ3n) is 4.47. The Kier molecular flexibility index (Phi) is 15.9. The molecule has 0 bridgehead atoms. The summed E-state index contributed by atoms with van der Waals surface area (Å²) in [5.41, 5.74) is 0. The first-order valence-corrected chi connectivity index (χ1v) is 10.3. The Labute approximate surface area is 159 Å². The standard InChI is InChI=1S/C21H39NO4/c1-5-8-9-10-11-12-13-14-15-17-25-20(23)19(18(4)7-3)22-21(24)26-16-6-2/h5,18-19H,1,6-17H2,2-4H3,(H,22,24)/t18?,19-/m0/s1. The fourth-order valence-corrected chi connectivity index (χ4v) is 2.57. The molecule has 2 atom stereocenters. The molecule has 1 amide bonds. The Morgan fingerprint density at radius 1 is 0.962 bits per heavy atom. The van der Waals surface area contributed by atoms with Gasteiger partial charge >= 0.3 is 12.1 Å². The van der Waals surface area contributed by atoms with Crippen molar-refractivity contribution in [1.82, 2.24) is 5.32 Å². The lowest BCUT2D eigenvalue weighted by Crippen LogP contribution is -2.46. The van der Waals surface area contributed by atoms with Crippen LogP contribution in [0.4, 0.5) is 4.79 Å². The van der Waals surface area contributed by atoms with Crippen molar-refractivity contribution in [1.29, 1.82) is 0 Å². The number of hydrogen-bond acceptors (Lipinski definition) is 4.